The molecule has 60 valence electrons. The first-order valence-electron chi connectivity index (χ1n) is 3.13. The van der Waals surface area contributed by atoms with Gasteiger partial charge in [0.2, 0.25) is 0 Å². The van der Waals surface area contributed by atoms with Crippen LogP contribution in [-0.2, 0) is 9.53 Å². The van der Waals surface area contributed by atoms with Crippen molar-refractivity contribution in [2.24, 2.45) is 0 Å². The SMILES string of the molecule is C=CC(=O)OCCC[CH2][Tb]. The van der Waals surface area contributed by atoms with Gasteiger partial charge in [0.1, 0.15) is 0 Å². The van der Waals surface area contributed by atoms with Crippen LogP contribution in [0.15, 0.2) is 12.7 Å². The normalized spacial score (nSPS) is 9.00. The van der Waals surface area contributed by atoms with Crippen molar-refractivity contribution in [1.82, 2.24) is 0 Å². The summed E-state index contributed by atoms with van der Waals surface area (Å²) >= 11 is 2.11. The van der Waals surface area contributed by atoms with Crippen LogP contribution in [0.5, 0.6) is 0 Å². The maximum atomic E-state index is 10.4. The Labute approximate surface area is 85.9 Å². The third-order valence-electron chi connectivity index (χ3n) is 0.923. The first-order valence-corrected chi connectivity index (χ1v) is 4.64. The Bertz CT molecular complexity index is 112. The van der Waals surface area contributed by atoms with E-state index in [1.165, 1.54) is 6.08 Å². The van der Waals surface area contributed by atoms with E-state index in [1.807, 2.05) is 0 Å². The Balaban J connectivity index is 3.03. The van der Waals surface area contributed by atoms with Gasteiger partial charge in [-0.05, 0) is 0 Å². The molecule has 0 unspecified atom stereocenters. The van der Waals surface area contributed by atoms with Crippen molar-refractivity contribution in [3.8, 4) is 0 Å². The summed E-state index contributed by atoms with van der Waals surface area (Å²) in [6, 6.07) is 0. The zero-order valence-electron chi connectivity index (χ0n) is 5.76. The first kappa shape index (κ1) is 10.5. The van der Waals surface area contributed by atoms with Gasteiger partial charge < -0.3 is 0 Å². The fourth-order valence-electron chi connectivity index (χ4n) is 0.417. The molecule has 0 saturated carbocycles. The number of ether oxygens (including phenoxy) is 1. The maximum absolute atomic E-state index is 10.4. The molecule has 0 radical (unpaired) electrons. The minimum absolute atomic E-state index is 0.323. The van der Waals surface area contributed by atoms with Crippen molar-refractivity contribution in [1.29, 1.82) is 0 Å². The van der Waals surface area contributed by atoms with E-state index in [2.05, 4.69) is 43.2 Å². The van der Waals surface area contributed by atoms with Crippen molar-refractivity contribution in [2.75, 3.05) is 6.61 Å². The number of carbonyl (C=O) groups is 1. The van der Waals surface area contributed by atoms with Crippen molar-refractivity contribution < 1.29 is 46.2 Å². The standard InChI is InChI=1S/C7H11O2.Tb/c1-3-5-6-9-7(8)4-2;/h4H,1-3,5-6H2;. The van der Waals surface area contributed by atoms with E-state index in [9.17, 15) is 4.79 Å². The summed E-state index contributed by atoms with van der Waals surface area (Å²) in [6.45, 7) is 3.81. The molecule has 0 amide bonds. The van der Waals surface area contributed by atoms with E-state index in [0.717, 1.165) is 15.2 Å². The number of unbranched alkanes of at least 4 members (excludes halogenated alkanes) is 1. The van der Waals surface area contributed by atoms with Crippen LogP contribution < -0.4 is 0 Å². The van der Waals surface area contributed by atoms with E-state index in [-0.39, 0.29) is 5.97 Å². The first-order chi connectivity index (χ1) is 4.81. The summed E-state index contributed by atoms with van der Waals surface area (Å²) in [6.07, 6.45) is 3.26. The van der Waals surface area contributed by atoms with Gasteiger partial charge >= 0.3 is 86.6 Å². The van der Waals surface area contributed by atoms with E-state index in [1.54, 1.807) is 0 Å². The second-order valence-electron chi connectivity index (χ2n) is 1.75. The third kappa shape index (κ3) is 6.61. The Kier molecular flexibility index (Phi) is 7.98. The predicted molar refractivity (Wildman–Crippen MR) is 35.2 cm³/mol. The van der Waals surface area contributed by atoms with Crippen LogP contribution in [0.1, 0.15) is 12.8 Å². The summed E-state index contributed by atoms with van der Waals surface area (Å²) in [5, 5.41) is 0. The van der Waals surface area contributed by atoms with Crippen LogP contribution in [0.4, 0.5) is 0 Å². The van der Waals surface area contributed by atoms with Gasteiger partial charge in [0.05, 0.1) is 0 Å². The van der Waals surface area contributed by atoms with Gasteiger partial charge in [-0.25, -0.2) is 0 Å². The minimum atomic E-state index is -0.323. The van der Waals surface area contributed by atoms with Gasteiger partial charge in [-0.2, -0.15) is 0 Å². The third-order valence-corrected chi connectivity index (χ3v) is 1.68. The summed E-state index contributed by atoms with van der Waals surface area (Å²) in [4.78, 5) is 10.4. The van der Waals surface area contributed by atoms with E-state index < -0.39 is 0 Å². The van der Waals surface area contributed by atoms with Gasteiger partial charge in [0.15, 0.2) is 0 Å². The molecule has 0 rings (SSSR count). The molecule has 0 N–H and O–H groups in total. The Hall–Kier alpha value is 0.496. The van der Waals surface area contributed by atoms with Crippen LogP contribution in [-0.4, -0.2) is 12.6 Å². The number of esters is 1. The fraction of sp³-hybridized carbons (Fsp3) is 0.571. The van der Waals surface area contributed by atoms with Crippen molar-refractivity contribution >= 4 is 5.97 Å². The molecule has 0 spiro atoms. The molecule has 0 aromatic carbocycles. The molecular weight excluding hydrogens is 275 g/mol. The van der Waals surface area contributed by atoms with E-state index >= 15 is 0 Å². The fourth-order valence-corrected chi connectivity index (χ4v) is 0.952. The topological polar surface area (TPSA) is 26.3 Å². The van der Waals surface area contributed by atoms with Crippen LogP contribution in [0.3, 0.4) is 0 Å². The zero-order valence-corrected chi connectivity index (χ0v) is 7.90. The number of rotatable bonds is 5. The molecule has 10 heavy (non-hydrogen) atoms. The molecule has 0 aliphatic carbocycles. The second-order valence-corrected chi connectivity index (χ2v) is 2.81. The average Bonchev–Trinajstić information content (AvgIpc) is 1.98. The molecule has 0 aliphatic heterocycles. The van der Waals surface area contributed by atoms with Crippen LogP contribution in [0, 0.1) is 36.6 Å². The molecule has 0 atom stereocenters. The Morgan fingerprint density at radius 1 is 1.60 bits per heavy atom. The van der Waals surface area contributed by atoms with Gasteiger partial charge in [0, 0.05) is 0 Å². The number of carbonyl (C=O) groups excluding carboxylic acids is 1. The predicted octanol–water partition coefficient (Wildman–Crippen LogP) is 1.46. The summed E-state index contributed by atoms with van der Waals surface area (Å²) in [7, 11) is 0. The second kappa shape index (κ2) is 7.60. The Morgan fingerprint density at radius 3 is 2.80 bits per heavy atom. The molecule has 0 aliphatic rings. The molecule has 0 aromatic rings. The average molecular weight is 286 g/mol. The number of hydrogen-bond donors (Lipinski definition) is 0. The molecular formula is C7H11O2Tb. The van der Waals surface area contributed by atoms with Crippen LogP contribution in [0.25, 0.3) is 0 Å². The molecule has 2 nitrogen and oxygen atoms in total. The summed E-state index contributed by atoms with van der Waals surface area (Å²) in [5.41, 5.74) is 0. The zero-order chi connectivity index (χ0) is 7.82. The van der Waals surface area contributed by atoms with Crippen LogP contribution in [0.2, 0.25) is 2.39 Å². The van der Waals surface area contributed by atoms with E-state index in [4.69, 9.17) is 4.74 Å². The molecule has 0 aromatic heterocycles. The van der Waals surface area contributed by atoms with Gasteiger partial charge in [0.25, 0.3) is 0 Å². The van der Waals surface area contributed by atoms with E-state index in [0.29, 0.717) is 6.61 Å². The van der Waals surface area contributed by atoms with Gasteiger partial charge in [-0.3, -0.25) is 0 Å². The summed E-state index contributed by atoms with van der Waals surface area (Å²) < 4.78 is 5.88. The van der Waals surface area contributed by atoms with Gasteiger partial charge in [-0.1, -0.05) is 0 Å². The van der Waals surface area contributed by atoms with Gasteiger partial charge in [-0.15, -0.1) is 0 Å². The molecule has 0 saturated heterocycles. The van der Waals surface area contributed by atoms with Crippen molar-refractivity contribution in [3.63, 3.8) is 0 Å². The van der Waals surface area contributed by atoms with Crippen molar-refractivity contribution in [3.05, 3.63) is 12.7 Å². The van der Waals surface area contributed by atoms with Crippen molar-refractivity contribution in [2.45, 2.75) is 15.2 Å². The Morgan fingerprint density at radius 2 is 2.30 bits per heavy atom. The quantitative estimate of drug-likeness (QED) is 0.434. The monoisotopic (exact) mass is 286 g/mol. The summed E-state index contributed by atoms with van der Waals surface area (Å²) in [5.74, 6) is -0.323. The molecule has 0 bridgehead atoms. The number of hydrogen-bond acceptors (Lipinski definition) is 2. The molecule has 0 fully saturated rings. The molecule has 0 heterocycles. The molecule has 3 heteroatoms. The van der Waals surface area contributed by atoms with Crippen LogP contribution >= 0.6 is 0 Å².